The number of aromatic nitrogens is 3. The summed E-state index contributed by atoms with van der Waals surface area (Å²) in [4.78, 5) is 13.3. The van der Waals surface area contributed by atoms with Gasteiger partial charge in [-0.05, 0) is 36.4 Å². The summed E-state index contributed by atoms with van der Waals surface area (Å²) < 4.78 is 0. The highest BCUT2D eigenvalue weighted by Crippen LogP contribution is 2.33. The second kappa shape index (κ2) is 6.76. The summed E-state index contributed by atoms with van der Waals surface area (Å²) in [5.41, 5.74) is 1.27. The van der Waals surface area contributed by atoms with E-state index in [-0.39, 0.29) is 34.7 Å². The molecule has 27 heavy (non-hydrogen) atoms. The molecule has 1 heterocycles. The van der Waals surface area contributed by atoms with Crippen molar-refractivity contribution in [1.82, 2.24) is 15.0 Å². The van der Waals surface area contributed by atoms with Crippen molar-refractivity contribution in [2.45, 2.75) is 0 Å². The Hall–Kier alpha value is -3.93. The molecule has 132 valence electrons. The van der Waals surface area contributed by atoms with Gasteiger partial charge in [-0.25, -0.2) is 15.0 Å². The molecule has 0 radical (unpaired) electrons. The van der Waals surface area contributed by atoms with E-state index in [1.807, 2.05) is 0 Å². The van der Waals surface area contributed by atoms with Gasteiger partial charge in [0.1, 0.15) is 17.2 Å². The summed E-state index contributed by atoms with van der Waals surface area (Å²) in [6.07, 6.45) is 0. The first-order valence-electron chi connectivity index (χ1n) is 8.24. The van der Waals surface area contributed by atoms with Crippen LogP contribution in [0.25, 0.3) is 34.2 Å². The molecule has 4 rings (SSSR count). The smallest absolute Gasteiger partial charge is 0.167 e. The normalized spacial score (nSPS) is 10.7. The van der Waals surface area contributed by atoms with Crippen LogP contribution >= 0.6 is 0 Å². The zero-order valence-corrected chi connectivity index (χ0v) is 14.1. The van der Waals surface area contributed by atoms with E-state index in [4.69, 9.17) is 0 Å². The van der Waals surface area contributed by atoms with Crippen molar-refractivity contribution >= 4 is 0 Å². The molecule has 0 saturated heterocycles. The molecule has 0 spiro atoms. The fourth-order valence-corrected chi connectivity index (χ4v) is 2.73. The maximum Gasteiger partial charge on any atom is 0.167 e. The highest BCUT2D eigenvalue weighted by atomic mass is 16.3. The minimum absolute atomic E-state index is 0.0233. The van der Waals surface area contributed by atoms with E-state index in [0.29, 0.717) is 16.7 Å². The lowest BCUT2D eigenvalue weighted by atomic mass is 10.1. The molecule has 0 saturated carbocycles. The Morgan fingerprint density at radius 1 is 0.407 bits per heavy atom. The largest absolute Gasteiger partial charge is 0.507 e. The van der Waals surface area contributed by atoms with Gasteiger partial charge < -0.3 is 15.3 Å². The predicted octanol–water partition coefficient (Wildman–Crippen LogP) is 3.99. The minimum atomic E-state index is 0.0233. The maximum absolute atomic E-state index is 10.2. The number of rotatable bonds is 3. The Morgan fingerprint density at radius 3 is 0.926 bits per heavy atom. The summed E-state index contributed by atoms with van der Waals surface area (Å²) in [7, 11) is 0. The SMILES string of the molecule is Oc1ccccc1-c1nc(-c2ccccc2O)nc(-c2ccccc2O)n1. The Kier molecular flexibility index (Phi) is 4.14. The van der Waals surface area contributed by atoms with Crippen LogP contribution in [0.2, 0.25) is 0 Å². The fourth-order valence-electron chi connectivity index (χ4n) is 2.73. The molecule has 0 amide bonds. The van der Waals surface area contributed by atoms with Crippen LogP contribution in [0.5, 0.6) is 17.2 Å². The van der Waals surface area contributed by atoms with E-state index < -0.39 is 0 Å². The monoisotopic (exact) mass is 357 g/mol. The molecule has 0 unspecified atom stereocenters. The van der Waals surface area contributed by atoms with Crippen molar-refractivity contribution in [3.8, 4) is 51.4 Å². The van der Waals surface area contributed by atoms with Crippen LogP contribution in [0.15, 0.2) is 72.8 Å². The van der Waals surface area contributed by atoms with Crippen LogP contribution in [0, 0.1) is 0 Å². The highest BCUT2D eigenvalue weighted by Gasteiger charge is 2.17. The number of nitrogens with zero attached hydrogens (tertiary/aromatic N) is 3. The van der Waals surface area contributed by atoms with Crippen LogP contribution in [-0.4, -0.2) is 30.3 Å². The second-order valence-corrected chi connectivity index (χ2v) is 5.86. The predicted molar refractivity (Wildman–Crippen MR) is 101 cm³/mol. The van der Waals surface area contributed by atoms with E-state index in [1.165, 1.54) is 0 Å². The van der Waals surface area contributed by atoms with Crippen molar-refractivity contribution in [3.05, 3.63) is 72.8 Å². The third kappa shape index (κ3) is 3.16. The number of phenols is 3. The summed E-state index contributed by atoms with van der Waals surface area (Å²) in [6.45, 7) is 0. The molecular formula is C21H15N3O3. The van der Waals surface area contributed by atoms with E-state index in [1.54, 1.807) is 72.8 Å². The minimum Gasteiger partial charge on any atom is -0.507 e. The molecular weight excluding hydrogens is 342 g/mol. The molecule has 0 aliphatic carbocycles. The Balaban J connectivity index is 1.99. The van der Waals surface area contributed by atoms with Gasteiger partial charge >= 0.3 is 0 Å². The number of aromatic hydroxyl groups is 3. The Morgan fingerprint density at radius 2 is 0.667 bits per heavy atom. The first-order valence-corrected chi connectivity index (χ1v) is 8.24. The first kappa shape index (κ1) is 16.5. The average Bonchev–Trinajstić information content (AvgIpc) is 2.69. The quantitative estimate of drug-likeness (QED) is 0.513. The number of benzene rings is 3. The Labute approximate surface area is 155 Å². The molecule has 0 bridgehead atoms. The van der Waals surface area contributed by atoms with Gasteiger partial charge in [-0.3, -0.25) is 0 Å². The van der Waals surface area contributed by atoms with Gasteiger partial charge in [0.05, 0.1) is 16.7 Å². The van der Waals surface area contributed by atoms with Gasteiger partial charge in [-0.1, -0.05) is 36.4 Å². The summed E-state index contributed by atoms with van der Waals surface area (Å²) in [5, 5.41) is 30.6. The van der Waals surface area contributed by atoms with E-state index in [9.17, 15) is 15.3 Å². The molecule has 6 heteroatoms. The summed E-state index contributed by atoms with van der Waals surface area (Å²) in [5.74, 6) is 0.777. The average molecular weight is 357 g/mol. The van der Waals surface area contributed by atoms with Crippen molar-refractivity contribution in [2.75, 3.05) is 0 Å². The summed E-state index contributed by atoms with van der Waals surface area (Å²) in [6, 6.07) is 20.1. The topological polar surface area (TPSA) is 99.4 Å². The van der Waals surface area contributed by atoms with Crippen LogP contribution in [0.3, 0.4) is 0 Å². The summed E-state index contributed by atoms with van der Waals surface area (Å²) >= 11 is 0. The van der Waals surface area contributed by atoms with Crippen LogP contribution in [0.1, 0.15) is 0 Å². The van der Waals surface area contributed by atoms with Crippen molar-refractivity contribution in [1.29, 1.82) is 0 Å². The lowest BCUT2D eigenvalue weighted by Gasteiger charge is -2.10. The van der Waals surface area contributed by atoms with Crippen LogP contribution in [0.4, 0.5) is 0 Å². The number of para-hydroxylation sites is 3. The third-order valence-electron chi connectivity index (χ3n) is 4.07. The zero-order valence-electron chi connectivity index (χ0n) is 14.1. The number of hydrogen-bond donors (Lipinski definition) is 3. The maximum atomic E-state index is 10.2. The Bertz CT molecular complexity index is 975. The first-order chi connectivity index (χ1) is 13.1. The number of phenolic OH excluding ortho intramolecular Hbond substituents is 3. The van der Waals surface area contributed by atoms with E-state index in [0.717, 1.165) is 0 Å². The molecule has 0 aliphatic rings. The molecule has 0 aliphatic heterocycles. The van der Waals surface area contributed by atoms with Gasteiger partial charge in [0.25, 0.3) is 0 Å². The molecule has 1 aromatic heterocycles. The molecule has 4 aromatic rings. The molecule has 3 aromatic carbocycles. The van der Waals surface area contributed by atoms with Gasteiger partial charge in [-0.15, -0.1) is 0 Å². The molecule has 0 atom stereocenters. The van der Waals surface area contributed by atoms with Crippen molar-refractivity contribution in [2.24, 2.45) is 0 Å². The number of hydrogen-bond acceptors (Lipinski definition) is 6. The van der Waals surface area contributed by atoms with Gasteiger partial charge in [0.2, 0.25) is 0 Å². The van der Waals surface area contributed by atoms with E-state index in [2.05, 4.69) is 15.0 Å². The van der Waals surface area contributed by atoms with E-state index >= 15 is 0 Å². The standard InChI is InChI=1S/C21H15N3O3/c25-16-10-4-1-7-13(16)19-22-20(14-8-2-5-11-17(14)26)24-21(23-19)15-9-3-6-12-18(15)27/h1-12,25-27H. The molecule has 0 fully saturated rings. The highest BCUT2D eigenvalue weighted by molar-refractivity contribution is 5.73. The second-order valence-electron chi connectivity index (χ2n) is 5.86. The lowest BCUT2D eigenvalue weighted by molar-refractivity contribution is 0.477. The van der Waals surface area contributed by atoms with Crippen LogP contribution < -0.4 is 0 Å². The lowest BCUT2D eigenvalue weighted by Crippen LogP contribution is -2.00. The van der Waals surface area contributed by atoms with Gasteiger partial charge in [0, 0.05) is 0 Å². The zero-order chi connectivity index (χ0) is 18.8. The third-order valence-corrected chi connectivity index (χ3v) is 4.07. The molecule has 6 nitrogen and oxygen atoms in total. The van der Waals surface area contributed by atoms with Gasteiger partial charge in [0.15, 0.2) is 17.5 Å². The van der Waals surface area contributed by atoms with Gasteiger partial charge in [-0.2, -0.15) is 0 Å². The van der Waals surface area contributed by atoms with Crippen LogP contribution in [-0.2, 0) is 0 Å². The molecule has 3 N–H and O–H groups in total. The fraction of sp³-hybridized carbons (Fsp3) is 0. The van der Waals surface area contributed by atoms with Crippen molar-refractivity contribution in [3.63, 3.8) is 0 Å². The van der Waals surface area contributed by atoms with Crippen molar-refractivity contribution < 1.29 is 15.3 Å².